The summed E-state index contributed by atoms with van der Waals surface area (Å²) in [6.45, 7) is 0.339. The Kier molecular flexibility index (Phi) is 4.54. The molecule has 7 nitrogen and oxygen atoms in total. The van der Waals surface area contributed by atoms with Crippen molar-refractivity contribution in [2.24, 2.45) is 0 Å². The van der Waals surface area contributed by atoms with Gasteiger partial charge in [-0.3, -0.25) is 0 Å². The van der Waals surface area contributed by atoms with Crippen molar-refractivity contribution in [2.75, 3.05) is 6.54 Å². The predicted octanol–water partition coefficient (Wildman–Crippen LogP) is 1.19. The molecule has 0 aromatic heterocycles. The van der Waals surface area contributed by atoms with Gasteiger partial charge in [0.05, 0.1) is 0 Å². The number of nitrogens with one attached hydrogen (secondary N) is 2. The maximum absolute atomic E-state index is 11.4. The van der Waals surface area contributed by atoms with Crippen LogP contribution in [0, 0.1) is 0 Å². The van der Waals surface area contributed by atoms with E-state index < -0.39 is 24.2 Å². The average Bonchev–Trinajstić information content (AvgIpc) is 2.74. The van der Waals surface area contributed by atoms with Gasteiger partial charge in [0.15, 0.2) is 0 Å². The SMILES string of the molecule is O=C1NC(CCCNC(=O)Oc2ccccc2)C(=O)O1. The molecule has 1 heterocycles. The third-order valence-corrected chi connectivity index (χ3v) is 2.66. The van der Waals surface area contributed by atoms with Crippen molar-refractivity contribution in [1.29, 1.82) is 0 Å². The molecule has 1 atom stereocenters. The molecule has 1 aliphatic rings. The highest BCUT2D eigenvalue weighted by atomic mass is 16.6. The highest BCUT2D eigenvalue weighted by molar-refractivity contribution is 5.95. The average molecular weight is 278 g/mol. The molecule has 2 rings (SSSR count). The van der Waals surface area contributed by atoms with E-state index >= 15 is 0 Å². The van der Waals surface area contributed by atoms with Crippen LogP contribution in [0.2, 0.25) is 0 Å². The zero-order valence-corrected chi connectivity index (χ0v) is 10.6. The number of cyclic esters (lactones) is 2. The second-order valence-electron chi connectivity index (χ2n) is 4.18. The Morgan fingerprint density at radius 1 is 1.30 bits per heavy atom. The number of carbonyl (C=O) groups excluding carboxylic acids is 3. The lowest BCUT2D eigenvalue weighted by Gasteiger charge is -2.07. The van der Waals surface area contributed by atoms with Crippen LogP contribution in [0.15, 0.2) is 30.3 Å². The Morgan fingerprint density at radius 2 is 2.05 bits per heavy atom. The van der Waals surface area contributed by atoms with Crippen LogP contribution in [0.1, 0.15) is 12.8 Å². The van der Waals surface area contributed by atoms with E-state index in [0.717, 1.165) is 0 Å². The highest BCUT2D eigenvalue weighted by Gasteiger charge is 2.31. The summed E-state index contributed by atoms with van der Waals surface area (Å²) in [7, 11) is 0. The lowest BCUT2D eigenvalue weighted by atomic mass is 10.2. The fourth-order valence-electron chi connectivity index (χ4n) is 1.71. The minimum absolute atomic E-state index is 0.339. The molecule has 1 unspecified atom stereocenters. The molecule has 0 spiro atoms. The number of ether oxygens (including phenoxy) is 2. The van der Waals surface area contributed by atoms with E-state index in [9.17, 15) is 14.4 Å². The summed E-state index contributed by atoms with van der Waals surface area (Å²) in [6.07, 6.45) is -0.370. The van der Waals surface area contributed by atoms with Crippen molar-refractivity contribution in [1.82, 2.24) is 10.6 Å². The van der Waals surface area contributed by atoms with Crippen LogP contribution in [0.4, 0.5) is 9.59 Å². The molecule has 2 amide bonds. The van der Waals surface area contributed by atoms with Crippen molar-refractivity contribution in [3.8, 4) is 5.75 Å². The Morgan fingerprint density at radius 3 is 2.70 bits per heavy atom. The van der Waals surface area contributed by atoms with Gasteiger partial charge in [0.1, 0.15) is 11.8 Å². The molecule has 0 aliphatic carbocycles. The summed E-state index contributed by atoms with van der Waals surface area (Å²) < 4.78 is 9.34. The maximum Gasteiger partial charge on any atom is 0.415 e. The number of para-hydroxylation sites is 1. The normalized spacial score (nSPS) is 17.3. The van der Waals surface area contributed by atoms with Crippen molar-refractivity contribution in [3.63, 3.8) is 0 Å². The Hall–Kier alpha value is -2.57. The van der Waals surface area contributed by atoms with Gasteiger partial charge in [-0.1, -0.05) is 18.2 Å². The number of alkyl carbamates (subject to hydrolysis) is 1. The summed E-state index contributed by atoms with van der Waals surface area (Å²) >= 11 is 0. The molecule has 106 valence electrons. The quantitative estimate of drug-likeness (QED) is 0.479. The topological polar surface area (TPSA) is 93.7 Å². The molecule has 1 fully saturated rings. The number of amides is 2. The zero-order valence-electron chi connectivity index (χ0n) is 10.6. The van der Waals surface area contributed by atoms with Gasteiger partial charge in [-0.2, -0.15) is 0 Å². The van der Waals surface area contributed by atoms with E-state index in [4.69, 9.17) is 4.74 Å². The zero-order chi connectivity index (χ0) is 14.4. The summed E-state index contributed by atoms with van der Waals surface area (Å²) in [6, 6.07) is 8.05. The van der Waals surface area contributed by atoms with Gasteiger partial charge >= 0.3 is 18.2 Å². The molecule has 7 heteroatoms. The summed E-state index contributed by atoms with van der Waals surface area (Å²) in [4.78, 5) is 33.3. The summed E-state index contributed by atoms with van der Waals surface area (Å²) in [5.41, 5.74) is 0. The van der Waals surface area contributed by atoms with Crippen LogP contribution in [0.3, 0.4) is 0 Å². The highest BCUT2D eigenvalue weighted by Crippen LogP contribution is 2.08. The molecule has 2 N–H and O–H groups in total. The minimum Gasteiger partial charge on any atom is -0.410 e. The lowest BCUT2D eigenvalue weighted by Crippen LogP contribution is -2.32. The minimum atomic E-state index is -0.726. The standard InChI is InChI=1S/C13H14N2O5/c16-11-10(15-13(18)20-11)7-4-8-14-12(17)19-9-5-2-1-3-6-9/h1-3,5-6,10H,4,7-8H2,(H,14,17)(H,15,18). The maximum atomic E-state index is 11.4. The second kappa shape index (κ2) is 6.55. The number of benzene rings is 1. The van der Waals surface area contributed by atoms with E-state index in [2.05, 4.69) is 15.4 Å². The fraction of sp³-hybridized carbons (Fsp3) is 0.308. The fourth-order valence-corrected chi connectivity index (χ4v) is 1.71. The Labute approximate surface area is 115 Å². The van der Waals surface area contributed by atoms with E-state index in [1.807, 2.05) is 6.07 Å². The van der Waals surface area contributed by atoms with Crippen LogP contribution in [-0.4, -0.2) is 30.7 Å². The molecule has 1 aliphatic heterocycles. The molecule has 0 radical (unpaired) electrons. The second-order valence-corrected chi connectivity index (χ2v) is 4.18. The first kappa shape index (κ1) is 13.9. The van der Waals surface area contributed by atoms with Crippen molar-refractivity contribution in [3.05, 3.63) is 30.3 Å². The molecule has 0 bridgehead atoms. The molecule has 0 saturated carbocycles. The number of hydrogen-bond donors (Lipinski definition) is 2. The number of carbonyl (C=O) groups is 3. The first-order valence-corrected chi connectivity index (χ1v) is 6.18. The summed E-state index contributed by atoms with van der Waals surface area (Å²) in [5, 5.41) is 4.93. The van der Waals surface area contributed by atoms with Crippen molar-refractivity contribution in [2.45, 2.75) is 18.9 Å². The Balaban J connectivity index is 1.62. The van der Waals surface area contributed by atoms with Crippen LogP contribution < -0.4 is 15.4 Å². The van der Waals surface area contributed by atoms with Crippen LogP contribution >= 0.6 is 0 Å². The number of esters is 1. The molecule has 1 aromatic carbocycles. The van der Waals surface area contributed by atoms with Crippen LogP contribution in [0.5, 0.6) is 5.75 Å². The van der Waals surface area contributed by atoms with Crippen molar-refractivity contribution < 1.29 is 23.9 Å². The van der Waals surface area contributed by atoms with Gasteiger partial charge in [0.25, 0.3) is 0 Å². The molecule has 1 aromatic rings. The summed E-state index contributed by atoms with van der Waals surface area (Å²) in [5.74, 6) is -0.126. The van der Waals surface area contributed by atoms with Crippen LogP contribution in [-0.2, 0) is 9.53 Å². The third kappa shape index (κ3) is 3.98. The van der Waals surface area contributed by atoms with Crippen molar-refractivity contribution >= 4 is 18.2 Å². The van der Waals surface area contributed by atoms with E-state index in [-0.39, 0.29) is 0 Å². The van der Waals surface area contributed by atoms with Gasteiger partial charge in [0.2, 0.25) is 0 Å². The molecule has 20 heavy (non-hydrogen) atoms. The van der Waals surface area contributed by atoms with E-state index in [1.165, 1.54) is 0 Å². The van der Waals surface area contributed by atoms with Gasteiger partial charge < -0.3 is 20.1 Å². The Bertz CT molecular complexity index is 503. The van der Waals surface area contributed by atoms with Gasteiger partial charge in [0, 0.05) is 6.54 Å². The monoisotopic (exact) mass is 278 g/mol. The lowest BCUT2D eigenvalue weighted by molar-refractivity contribution is -0.135. The van der Waals surface area contributed by atoms with E-state index in [1.54, 1.807) is 24.3 Å². The van der Waals surface area contributed by atoms with Gasteiger partial charge in [-0.15, -0.1) is 0 Å². The smallest absolute Gasteiger partial charge is 0.410 e. The molecular formula is C13H14N2O5. The third-order valence-electron chi connectivity index (χ3n) is 2.66. The first-order chi connectivity index (χ1) is 9.65. The first-order valence-electron chi connectivity index (χ1n) is 6.18. The van der Waals surface area contributed by atoms with Gasteiger partial charge in [-0.25, -0.2) is 14.4 Å². The predicted molar refractivity (Wildman–Crippen MR) is 68.1 cm³/mol. The van der Waals surface area contributed by atoms with Gasteiger partial charge in [-0.05, 0) is 25.0 Å². The van der Waals surface area contributed by atoms with Crippen LogP contribution in [0.25, 0.3) is 0 Å². The number of hydrogen-bond acceptors (Lipinski definition) is 5. The number of rotatable bonds is 5. The molecular weight excluding hydrogens is 264 g/mol. The van der Waals surface area contributed by atoms with E-state index in [0.29, 0.717) is 25.1 Å². The molecule has 1 saturated heterocycles. The largest absolute Gasteiger partial charge is 0.415 e.